The molecular formula is C14H16N2O3S. The van der Waals surface area contributed by atoms with Crippen LogP contribution in [-0.2, 0) is 30.0 Å². The third-order valence-corrected chi connectivity index (χ3v) is 4.39. The first-order chi connectivity index (χ1) is 9.51. The Morgan fingerprint density at radius 1 is 1.35 bits per heavy atom. The lowest BCUT2D eigenvalue weighted by molar-refractivity contribution is 0.0697. The number of hydrogen-bond acceptors (Lipinski definition) is 3. The molecule has 20 heavy (non-hydrogen) atoms. The second kappa shape index (κ2) is 6.00. The van der Waals surface area contributed by atoms with Crippen molar-refractivity contribution in [2.75, 3.05) is 0 Å². The summed E-state index contributed by atoms with van der Waals surface area (Å²) < 4.78 is 14.0. The van der Waals surface area contributed by atoms with E-state index in [-0.39, 0.29) is 5.56 Å². The van der Waals surface area contributed by atoms with E-state index < -0.39 is 16.8 Å². The summed E-state index contributed by atoms with van der Waals surface area (Å²) in [4.78, 5) is 11.4. The van der Waals surface area contributed by atoms with Crippen LogP contribution in [0.3, 0.4) is 0 Å². The molecule has 2 rings (SSSR count). The van der Waals surface area contributed by atoms with E-state index in [0.29, 0.717) is 10.6 Å². The number of carbonyl (C=O) groups is 1. The van der Waals surface area contributed by atoms with E-state index in [1.54, 1.807) is 16.8 Å². The molecule has 0 saturated carbocycles. The second-order valence-corrected chi connectivity index (χ2v) is 5.87. The maximum absolute atomic E-state index is 12.3. The molecule has 2 aromatic rings. The van der Waals surface area contributed by atoms with Crippen molar-refractivity contribution < 1.29 is 14.1 Å². The predicted octanol–water partition coefficient (Wildman–Crippen LogP) is 1.99. The minimum Gasteiger partial charge on any atom is -0.478 e. The SMILES string of the molecule is CCc1cc(CS(=O)c2ccc(C(=O)O)cc2)n(C)n1. The third-order valence-electron chi connectivity index (χ3n) is 3.03. The van der Waals surface area contributed by atoms with Crippen LogP contribution < -0.4 is 0 Å². The molecule has 0 spiro atoms. The molecule has 0 aliphatic rings. The maximum atomic E-state index is 12.3. The van der Waals surface area contributed by atoms with Crippen molar-refractivity contribution in [2.45, 2.75) is 24.0 Å². The molecule has 0 aliphatic carbocycles. The lowest BCUT2D eigenvalue weighted by Gasteiger charge is -2.03. The fourth-order valence-corrected chi connectivity index (χ4v) is 2.99. The first kappa shape index (κ1) is 14.5. The van der Waals surface area contributed by atoms with Crippen molar-refractivity contribution in [2.24, 2.45) is 7.05 Å². The van der Waals surface area contributed by atoms with E-state index in [0.717, 1.165) is 17.8 Å². The Morgan fingerprint density at radius 3 is 2.50 bits per heavy atom. The zero-order valence-corrected chi connectivity index (χ0v) is 12.2. The molecule has 0 bridgehead atoms. The van der Waals surface area contributed by atoms with E-state index in [2.05, 4.69) is 5.10 Å². The highest BCUT2D eigenvalue weighted by Gasteiger charge is 2.11. The number of hydrogen-bond donors (Lipinski definition) is 1. The Morgan fingerprint density at radius 2 is 2.00 bits per heavy atom. The van der Waals surface area contributed by atoms with Gasteiger partial charge in [0.1, 0.15) is 0 Å². The Kier molecular flexibility index (Phi) is 4.34. The number of aromatic carboxylic acids is 1. The maximum Gasteiger partial charge on any atom is 0.335 e. The average Bonchev–Trinajstić information content (AvgIpc) is 2.79. The van der Waals surface area contributed by atoms with Gasteiger partial charge in [-0.15, -0.1) is 0 Å². The molecule has 0 aliphatic heterocycles. The normalized spacial score (nSPS) is 12.3. The van der Waals surface area contributed by atoms with Gasteiger partial charge in [-0.25, -0.2) is 4.79 Å². The molecule has 5 nitrogen and oxygen atoms in total. The van der Waals surface area contributed by atoms with Gasteiger partial charge in [0.25, 0.3) is 0 Å². The first-order valence-corrected chi connectivity index (χ1v) is 7.56. The topological polar surface area (TPSA) is 72.2 Å². The largest absolute Gasteiger partial charge is 0.478 e. The van der Waals surface area contributed by atoms with E-state index in [9.17, 15) is 9.00 Å². The van der Waals surface area contributed by atoms with Crippen molar-refractivity contribution in [1.82, 2.24) is 9.78 Å². The van der Waals surface area contributed by atoms with Crippen LogP contribution in [0.25, 0.3) is 0 Å². The summed E-state index contributed by atoms with van der Waals surface area (Å²) in [5, 5.41) is 13.1. The number of rotatable bonds is 5. The molecule has 0 amide bonds. The van der Waals surface area contributed by atoms with Crippen molar-refractivity contribution in [3.8, 4) is 0 Å². The molecule has 0 radical (unpaired) electrons. The fraction of sp³-hybridized carbons (Fsp3) is 0.286. The predicted molar refractivity (Wildman–Crippen MR) is 76.1 cm³/mol. The molecule has 1 heterocycles. The summed E-state index contributed by atoms with van der Waals surface area (Å²) in [6.45, 7) is 2.02. The van der Waals surface area contributed by atoms with Crippen LogP contribution in [0.15, 0.2) is 35.2 Å². The fourth-order valence-electron chi connectivity index (χ4n) is 1.85. The van der Waals surface area contributed by atoms with Crippen LogP contribution >= 0.6 is 0 Å². The van der Waals surface area contributed by atoms with Crippen LogP contribution in [0.5, 0.6) is 0 Å². The van der Waals surface area contributed by atoms with Crippen molar-refractivity contribution in [3.05, 3.63) is 47.3 Å². The van der Waals surface area contributed by atoms with Gasteiger partial charge in [0, 0.05) is 11.9 Å². The van der Waals surface area contributed by atoms with Gasteiger partial charge in [0.15, 0.2) is 0 Å². The molecule has 1 N–H and O–H groups in total. The van der Waals surface area contributed by atoms with Crippen molar-refractivity contribution >= 4 is 16.8 Å². The van der Waals surface area contributed by atoms with Gasteiger partial charge in [-0.3, -0.25) is 8.89 Å². The molecule has 1 aromatic heterocycles. The zero-order chi connectivity index (χ0) is 14.7. The minimum atomic E-state index is -1.21. The Bertz CT molecular complexity index is 647. The molecule has 1 unspecified atom stereocenters. The van der Waals surface area contributed by atoms with Gasteiger partial charge in [-0.1, -0.05) is 6.92 Å². The summed E-state index contributed by atoms with van der Waals surface area (Å²) in [5.74, 6) is -0.614. The monoisotopic (exact) mass is 292 g/mol. The number of nitrogens with zero attached hydrogens (tertiary/aromatic N) is 2. The van der Waals surface area contributed by atoms with E-state index in [1.807, 2.05) is 20.0 Å². The zero-order valence-electron chi connectivity index (χ0n) is 11.4. The Hall–Kier alpha value is -1.95. The summed E-state index contributed by atoms with van der Waals surface area (Å²) in [6, 6.07) is 8.07. The molecule has 106 valence electrons. The number of carboxylic acids is 1. The molecule has 0 saturated heterocycles. The quantitative estimate of drug-likeness (QED) is 0.914. The lowest BCUT2D eigenvalue weighted by atomic mass is 10.2. The van der Waals surface area contributed by atoms with Gasteiger partial charge in [0.05, 0.1) is 33.5 Å². The summed E-state index contributed by atoms with van der Waals surface area (Å²) in [7, 11) is 0.624. The van der Waals surface area contributed by atoms with E-state index >= 15 is 0 Å². The number of carboxylic acid groups (broad SMARTS) is 1. The highest BCUT2D eigenvalue weighted by Crippen LogP contribution is 2.14. The highest BCUT2D eigenvalue weighted by molar-refractivity contribution is 7.84. The van der Waals surface area contributed by atoms with Gasteiger partial charge in [-0.2, -0.15) is 5.10 Å². The summed E-state index contributed by atoms with van der Waals surface area (Å²) in [5.41, 5.74) is 2.07. The second-order valence-electron chi connectivity index (χ2n) is 4.42. The highest BCUT2D eigenvalue weighted by atomic mass is 32.2. The standard InChI is InChI=1S/C14H16N2O3S/c1-3-11-8-12(16(2)15-11)9-20(19)13-6-4-10(5-7-13)14(17)18/h4-8H,3,9H2,1-2H3,(H,17,18). The number of aromatic nitrogens is 2. The van der Waals surface area contributed by atoms with Gasteiger partial charge in [-0.05, 0) is 36.8 Å². The first-order valence-electron chi connectivity index (χ1n) is 6.24. The summed E-state index contributed by atoms with van der Waals surface area (Å²) in [6.07, 6.45) is 0.841. The van der Waals surface area contributed by atoms with Crippen molar-refractivity contribution in [1.29, 1.82) is 0 Å². The van der Waals surface area contributed by atoms with Crippen LogP contribution in [0.4, 0.5) is 0 Å². The lowest BCUT2D eigenvalue weighted by Crippen LogP contribution is -2.03. The van der Waals surface area contributed by atoms with Crippen LogP contribution in [0, 0.1) is 0 Å². The van der Waals surface area contributed by atoms with Gasteiger partial charge < -0.3 is 5.11 Å². The van der Waals surface area contributed by atoms with Gasteiger partial charge >= 0.3 is 5.97 Å². The van der Waals surface area contributed by atoms with Crippen molar-refractivity contribution in [3.63, 3.8) is 0 Å². The van der Waals surface area contributed by atoms with Crippen LogP contribution in [0.1, 0.15) is 28.7 Å². The Labute approximate surface area is 119 Å². The van der Waals surface area contributed by atoms with Gasteiger partial charge in [0.2, 0.25) is 0 Å². The van der Waals surface area contributed by atoms with Crippen LogP contribution in [0.2, 0.25) is 0 Å². The van der Waals surface area contributed by atoms with E-state index in [1.165, 1.54) is 12.1 Å². The minimum absolute atomic E-state index is 0.194. The molecule has 1 atom stereocenters. The molecular weight excluding hydrogens is 276 g/mol. The number of benzene rings is 1. The number of aryl methyl sites for hydroxylation is 2. The van der Waals surface area contributed by atoms with Crippen LogP contribution in [-0.4, -0.2) is 25.1 Å². The smallest absolute Gasteiger partial charge is 0.335 e. The molecule has 0 fully saturated rings. The molecule has 1 aromatic carbocycles. The third kappa shape index (κ3) is 3.14. The summed E-state index contributed by atoms with van der Waals surface area (Å²) >= 11 is 0. The Balaban J connectivity index is 2.15. The van der Waals surface area contributed by atoms with E-state index in [4.69, 9.17) is 5.11 Å². The average molecular weight is 292 g/mol. The molecule has 6 heteroatoms.